The number of nitrogens with zero attached hydrogens (tertiary/aromatic N) is 4. The molecule has 0 unspecified atom stereocenters. The number of likely N-dealkylation sites (N-methyl/N-ethyl adjacent to an activating group) is 1. The summed E-state index contributed by atoms with van der Waals surface area (Å²) in [4.78, 5) is 12.7. The van der Waals surface area contributed by atoms with Crippen LogP contribution in [0.3, 0.4) is 0 Å². The first-order chi connectivity index (χ1) is 10.8. The van der Waals surface area contributed by atoms with Gasteiger partial charge in [-0.05, 0) is 6.92 Å². The zero-order chi connectivity index (χ0) is 15.8. The molecule has 1 aromatic rings. The Kier molecular flexibility index (Phi) is 6.63. The number of nitrogens with two attached hydrogens (primary N) is 1. The van der Waals surface area contributed by atoms with Crippen LogP contribution >= 0.6 is 0 Å². The molecule has 0 amide bonds. The molecular weight excluding hydrogens is 284 g/mol. The molecule has 1 aromatic heterocycles. The Hall–Kier alpha value is -1.64. The van der Waals surface area contributed by atoms with Crippen molar-refractivity contribution >= 4 is 17.3 Å². The average molecular weight is 310 g/mol. The SMILES string of the molecule is CCN(CCO)c1ncnc(NCCN2CCOCC2)c1N. The number of anilines is 3. The number of ether oxygens (including phenoxy) is 1. The lowest BCUT2D eigenvalue weighted by molar-refractivity contribution is 0.0398. The topological polar surface area (TPSA) is 99.8 Å². The first-order valence-electron chi connectivity index (χ1n) is 7.76. The van der Waals surface area contributed by atoms with Crippen LogP contribution in [0.1, 0.15) is 6.92 Å². The van der Waals surface area contributed by atoms with Gasteiger partial charge in [-0.25, -0.2) is 9.97 Å². The molecule has 1 aliphatic rings. The van der Waals surface area contributed by atoms with Crippen molar-refractivity contribution in [3.8, 4) is 0 Å². The van der Waals surface area contributed by atoms with E-state index in [-0.39, 0.29) is 6.61 Å². The zero-order valence-electron chi connectivity index (χ0n) is 13.2. The van der Waals surface area contributed by atoms with Crippen LogP contribution in [0.4, 0.5) is 17.3 Å². The highest BCUT2D eigenvalue weighted by Gasteiger charge is 2.14. The van der Waals surface area contributed by atoms with Gasteiger partial charge in [0.25, 0.3) is 0 Å². The van der Waals surface area contributed by atoms with Crippen LogP contribution in [0.25, 0.3) is 0 Å². The van der Waals surface area contributed by atoms with Gasteiger partial charge >= 0.3 is 0 Å². The predicted molar refractivity (Wildman–Crippen MR) is 87.2 cm³/mol. The van der Waals surface area contributed by atoms with E-state index >= 15 is 0 Å². The number of rotatable bonds is 8. The summed E-state index contributed by atoms with van der Waals surface area (Å²) < 4.78 is 5.33. The van der Waals surface area contributed by atoms with E-state index in [4.69, 9.17) is 15.6 Å². The fourth-order valence-corrected chi connectivity index (χ4v) is 2.47. The maximum absolute atomic E-state index is 9.12. The fourth-order valence-electron chi connectivity index (χ4n) is 2.47. The van der Waals surface area contributed by atoms with Gasteiger partial charge in [-0.15, -0.1) is 0 Å². The highest BCUT2D eigenvalue weighted by atomic mass is 16.5. The summed E-state index contributed by atoms with van der Waals surface area (Å²) in [5.41, 5.74) is 6.69. The smallest absolute Gasteiger partial charge is 0.157 e. The van der Waals surface area contributed by atoms with Gasteiger partial charge in [0.1, 0.15) is 12.0 Å². The first kappa shape index (κ1) is 16.7. The van der Waals surface area contributed by atoms with Crippen LogP contribution < -0.4 is 16.0 Å². The highest BCUT2D eigenvalue weighted by molar-refractivity contribution is 5.74. The van der Waals surface area contributed by atoms with E-state index in [9.17, 15) is 0 Å². The normalized spacial score (nSPS) is 15.7. The summed E-state index contributed by atoms with van der Waals surface area (Å²) in [6.07, 6.45) is 1.50. The van der Waals surface area contributed by atoms with Gasteiger partial charge in [0.2, 0.25) is 0 Å². The minimum Gasteiger partial charge on any atom is -0.395 e. The van der Waals surface area contributed by atoms with E-state index < -0.39 is 0 Å². The molecule has 1 aliphatic heterocycles. The van der Waals surface area contributed by atoms with Crippen LogP contribution in [-0.2, 0) is 4.74 Å². The lowest BCUT2D eigenvalue weighted by Crippen LogP contribution is -2.39. The molecule has 0 aromatic carbocycles. The van der Waals surface area contributed by atoms with Crippen molar-refractivity contribution in [2.24, 2.45) is 0 Å². The molecule has 8 heteroatoms. The van der Waals surface area contributed by atoms with Crippen LogP contribution in [0.2, 0.25) is 0 Å². The third-order valence-corrected chi connectivity index (χ3v) is 3.74. The van der Waals surface area contributed by atoms with Gasteiger partial charge in [-0.1, -0.05) is 0 Å². The van der Waals surface area contributed by atoms with E-state index in [1.54, 1.807) is 0 Å². The van der Waals surface area contributed by atoms with Crippen molar-refractivity contribution < 1.29 is 9.84 Å². The number of nitrogen functional groups attached to an aromatic ring is 1. The molecule has 0 aliphatic carbocycles. The molecule has 124 valence electrons. The van der Waals surface area contributed by atoms with Crippen molar-refractivity contribution in [2.45, 2.75) is 6.92 Å². The first-order valence-corrected chi connectivity index (χ1v) is 7.76. The third-order valence-electron chi connectivity index (χ3n) is 3.74. The summed E-state index contributed by atoms with van der Waals surface area (Å²) in [5, 5.41) is 12.4. The second-order valence-electron chi connectivity index (χ2n) is 5.14. The van der Waals surface area contributed by atoms with E-state index in [0.29, 0.717) is 23.9 Å². The highest BCUT2D eigenvalue weighted by Crippen LogP contribution is 2.25. The molecule has 2 rings (SSSR count). The van der Waals surface area contributed by atoms with Gasteiger partial charge in [-0.3, -0.25) is 4.90 Å². The van der Waals surface area contributed by atoms with Crippen molar-refractivity contribution in [3.63, 3.8) is 0 Å². The Morgan fingerprint density at radius 2 is 2.18 bits per heavy atom. The molecule has 0 spiro atoms. The van der Waals surface area contributed by atoms with Crippen molar-refractivity contribution in [2.75, 3.05) is 75.0 Å². The maximum atomic E-state index is 9.12. The van der Waals surface area contributed by atoms with Gasteiger partial charge in [0, 0.05) is 39.3 Å². The number of morpholine rings is 1. The molecule has 4 N–H and O–H groups in total. The Balaban J connectivity index is 1.93. The van der Waals surface area contributed by atoms with Gasteiger partial charge in [-0.2, -0.15) is 0 Å². The van der Waals surface area contributed by atoms with Crippen molar-refractivity contribution in [3.05, 3.63) is 6.33 Å². The van der Waals surface area contributed by atoms with Crippen LogP contribution in [0.15, 0.2) is 6.33 Å². The molecule has 1 saturated heterocycles. The number of hydrogen-bond donors (Lipinski definition) is 3. The van der Waals surface area contributed by atoms with Gasteiger partial charge in [0.15, 0.2) is 11.6 Å². The molecule has 2 heterocycles. The average Bonchev–Trinajstić information content (AvgIpc) is 2.55. The monoisotopic (exact) mass is 310 g/mol. The van der Waals surface area contributed by atoms with Crippen LogP contribution in [-0.4, -0.2) is 79.1 Å². The molecule has 1 fully saturated rings. The maximum Gasteiger partial charge on any atom is 0.157 e. The largest absolute Gasteiger partial charge is 0.395 e. The van der Waals surface area contributed by atoms with Crippen LogP contribution in [0, 0.1) is 0 Å². The van der Waals surface area contributed by atoms with E-state index in [1.165, 1.54) is 6.33 Å². The minimum atomic E-state index is 0.0665. The molecule has 22 heavy (non-hydrogen) atoms. The number of hydrogen-bond acceptors (Lipinski definition) is 8. The molecule has 0 radical (unpaired) electrons. The van der Waals surface area contributed by atoms with Crippen molar-refractivity contribution in [1.82, 2.24) is 14.9 Å². The summed E-state index contributed by atoms with van der Waals surface area (Å²) in [6, 6.07) is 0. The second-order valence-corrected chi connectivity index (χ2v) is 5.14. The van der Waals surface area contributed by atoms with Crippen molar-refractivity contribution in [1.29, 1.82) is 0 Å². The Labute approximate surface area is 131 Å². The zero-order valence-corrected chi connectivity index (χ0v) is 13.2. The number of aliphatic hydroxyl groups is 1. The Bertz CT molecular complexity index is 453. The molecule has 8 nitrogen and oxygen atoms in total. The molecule has 0 bridgehead atoms. The lowest BCUT2D eigenvalue weighted by Gasteiger charge is -2.27. The summed E-state index contributed by atoms with van der Waals surface area (Å²) in [5.74, 6) is 1.31. The molecule has 0 atom stereocenters. The molecular formula is C14H26N6O2. The summed E-state index contributed by atoms with van der Waals surface area (Å²) in [7, 11) is 0. The second kappa shape index (κ2) is 8.72. The lowest BCUT2D eigenvalue weighted by atomic mass is 10.3. The van der Waals surface area contributed by atoms with E-state index in [0.717, 1.165) is 45.9 Å². The van der Waals surface area contributed by atoms with Crippen LogP contribution in [0.5, 0.6) is 0 Å². The number of aromatic nitrogens is 2. The minimum absolute atomic E-state index is 0.0665. The summed E-state index contributed by atoms with van der Waals surface area (Å²) >= 11 is 0. The summed E-state index contributed by atoms with van der Waals surface area (Å²) in [6.45, 7) is 8.53. The Morgan fingerprint density at radius 1 is 1.41 bits per heavy atom. The number of nitrogens with one attached hydrogen (secondary N) is 1. The van der Waals surface area contributed by atoms with E-state index in [1.807, 2.05) is 11.8 Å². The third kappa shape index (κ3) is 4.43. The molecule has 0 saturated carbocycles. The number of aliphatic hydroxyl groups excluding tert-OH is 1. The fraction of sp³-hybridized carbons (Fsp3) is 0.714. The standard InChI is InChI=1S/C14H26N6O2/c1-2-20(5-8-21)14-12(15)13(17-11-18-14)16-3-4-19-6-9-22-10-7-19/h11,21H,2-10,15H2,1H3,(H,16,17,18). The Morgan fingerprint density at radius 3 is 2.86 bits per heavy atom. The van der Waals surface area contributed by atoms with E-state index in [2.05, 4.69) is 20.2 Å². The quantitative estimate of drug-likeness (QED) is 0.598. The predicted octanol–water partition coefficient (Wildman–Crippen LogP) is -0.378. The van der Waals surface area contributed by atoms with Gasteiger partial charge < -0.3 is 25.8 Å². The van der Waals surface area contributed by atoms with Gasteiger partial charge in [0.05, 0.1) is 19.8 Å².